The highest BCUT2D eigenvalue weighted by atomic mass is 32.2. The van der Waals surface area contributed by atoms with Gasteiger partial charge in [-0.15, -0.1) is 6.42 Å². The average molecular weight is 338 g/mol. The molecular weight excluding hydrogens is 320 g/mol. The molecule has 0 aliphatic carbocycles. The van der Waals surface area contributed by atoms with Crippen LogP contribution in [0.2, 0.25) is 0 Å². The third kappa shape index (κ3) is 5.39. The molecule has 0 spiro atoms. The minimum Gasteiger partial charge on any atom is -0.480 e. The van der Waals surface area contributed by atoms with Crippen molar-refractivity contribution in [1.29, 1.82) is 0 Å². The molecule has 1 aromatic carbocycles. The van der Waals surface area contributed by atoms with Crippen LogP contribution in [0.25, 0.3) is 0 Å². The van der Waals surface area contributed by atoms with Crippen molar-refractivity contribution >= 4 is 21.9 Å². The lowest BCUT2D eigenvalue weighted by atomic mass is 10.2. The molecule has 2 N–H and O–H groups in total. The Morgan fingerprint density at radius 1 is 1.30 bits per heavy atom. The lowest BCUT2D eigenvalue weighted by molar-refractivity contribution is -0.137. The number of hydrogen-bond donors (Lipinski definition) is 2. The van der Waals surface area contributed by atoms with E-state index in [1.165, 1.54) is 29.2 Å². The quantitative estimate of drug-likeness (QED) is 0.673. The van der Waals surface area contributed by atoms with Gasteiger partial charge < -0.3 is 10.0 Å². The van der Waals surface area contributed by atoms with Gasteiger partial charge in [0, 0.05) is 12.1 Å². The van der Waals surface area contributed by atoms with Crippen LogP contribution in [-0.4, -0.2) is 49.9 Å². The van der Waals surface area contributed by atoms with E-state index in [-0.39, 0.29) is 17.0 Å². The number of benzene rings is 1. The zero-order valence-corrected chi connectivity index (χ0v) is 13.5. The summed E-state index contributed by atoms with van der Waals surface area (Å²) < 4.78 is 26.0. The lowest BCUT2D eigenvalue weighted by Crippen LogP contribution is -2.36. The zero-order chi connectivity index (χ0) is 17.5. The Morgan fingerprint density at radius 3 is 2.39 bits per heavy atom. The summed E-state index contributed by atoms with van der Waals surface area (Å²) in [5.74, 6) is 0.594. The van der Waals surface area contributed by atoms with Gasteiger partial charge in [0.25, 0.3) is 5.91 Å². The van der Waals surface area contributed by atoms with Gasteiger partial charge in [-0.3, -0.25) is 9.59 Å². The standard InChI is InChI=1S/C15H18N2O5S/c1-3-9-16-23(21,22)13-7-5-12(6-8-13)15(20)17(10-4-2)11-14(18)19/h1,5-8,16H,4,9-11H2,2H3,(H,18,19). The molecule has 0 unspecified atom stereocenters. The van der Waals surface area contributed by atoms with Crippen LogP contribution >= 0.6 is 0 Å². The van der Waals surface area contributed by atoms with Crippen LogP contribution in [-0.2, 0) is 14.8 Å². The fraction of sp³-hybridized carbons (Fsp3) is 0.333. The second kappa shape index (κ2) is 8.31. The molecule has 1 amide bonds. The Bertz CT molecular complexity index is 704. The number of carbonyl (C=O) groups excluding carboxylic acids is 1. The number of nitrogens with zero attached hydrogens (tertiary/aromatic N) is 1. The predicted octanol–water partition coefficient (Wildman–Crippen LogP) is 0.535. The van der Waals surface area contributed by atoms with Crippen molar-refractivity contribution in [3.63, 3.8) is 0 Å². The fourth-order valence-corrected chi connectivity index (χ4v) is 2.80. The summed E-state index contributed by atoms with van der Waals surface area (Å²) in [5, 5.41) is 8.84. The Balaban J connectivity index is 2.96. The largest absolute Gasteiger partial charge is 0.480 e. The third-order valence-electron chi connectivity index (χ3n) is 2.88. The summed E-state index contributed by atoms with van der Waals surface area (Å²) >= 11 is 0. The molecule has 0 aromatic heterocycles. The zero-order valence-electron chi connectivity index (χ0n) is 12.7. The number of carboxylic acids is 1. The van der Waals surface area contributed by atoms with E-state index in [1.54, 1.807) is 0 Å². The number of carboxylic acid groups (broad SMARTS) is 1. The molecule has 1 rings (SSSR count). The molecule has 0 fully saturated rings. The van der Waals surface area contributed by atoms with Gasteiger partial charge in [0.2, 0.25) is 10.0 Å². The summed E-state index contributed by atoms with van der Waals surface area (Å²) in [6, 6.07) is 5.24. The number of nitrogens with one attached hydrogen (secondary N) is 1. The summed E-state index contributed by atoms with van der Waals surface area (Å²) in [7, 11) is -3.73. The first-order chi connectivity index (χ1) is 10.8. The van der Waals surface area contributed by atoms with Crippen molar-refractivity contribution in [3.8, 4) is 12.3 Å². The van der Waals surface area contributed by atoms with E-state index in [2.05, 4.69) is 10.6 Å². The first-order valence-electron chi connectivity index (χ1n) is 6.86. The van der Waals surface area contributed by atoms with Crippen molar-refractivity contribution < 1.29 is 23.1 Å². The number of sulfonamides is 1. The first kappa shape index (κ1) is 18.7. The summed E-state index contributed by atoms with van der Waals surface area (Å²) in [4.78, 5) is 24.3. The maximum Gasteiger partial charge on any atom is 0.323 e. The van der Waals surface area contributed by atoms with Crippen molar-refractivity contribution in [2.45, 2.75) is 18.2 Å². The van der Waals surface area contributed by atoms with Crippen LogP contribution in [0.5, 0.6) is 0 Å². The van der Waals surface area contributed by atoms with Crippen LogP contribution in [0, 0.1) is 12.3 Å². The molecule has 0 saturated carbocycles. The third-order valence-corrected chi connectivity index (χ3v) is 4.30. The first-order valence-corrected chi connectivity index (χ1v) is 8.34. The van der Waals surface area contributed by atoms with Crippen molar-refractivity contribution in [1.82, 2.24) is 9.62 Å². The Labute approximate surface area is 135 Å². The van der Waals surface area contributed by atoms with Crippen LogP contribution in [0.15, 0.2) is 29.2 Å². The average Bonchev–Trinajstić information content (AvgIpc) is 2.51. The molecule has 23 heavy (non-hydrogen) atoms. The van der Waals surface area contributed by atoms with E-state index < -0.39 is 28.4 Å². The van der Waals surface area contributed by atoms with Gasteiger partial charge in [0.05, 0.1) is 11.4 Å². The molecule has 124 valence electrons. The normalized spacial score (nSPS) is 10.8. The second-order valence-corrected chi connectivity index (χ2v) is 6.44. The van der Waals surface area contributed by atoms with E-state index in [4.69, 9.17) is 11.5 Å². The Morgan fingerprint density at radius 2 is 1.91 bits per heavy atom. The minimum atomic E-state index is -3.73. The van der Waals surface area contributed by atoms with Crippen LogP contribution < -0.4 is 4.72 Å². The van der Waals surface area contributed by atoms with Crippen molar-refractivity contribution in [2.24, 2.45) is 0 Å². The maximum absolute atomic E-state index is 12.3. The number of hydrogen-bond acceptors (Lipinski definition) is 4. The highest BCUT2D eigenvalue weighted by molar-refractivity contribution is 7.89. The number of carbonyl (C=O) groups is 2. The Hall–Kier alpha value is -2.37. The maximum atomic E-state index is 12.3. The minimum absolute atomic E-state index is 0.0235. The molecule has 0 radical (unpaired) electrons. The summed E-state index contributed by atoms with van der Waals surface area (Å²) in [5.41, 5.74) is 0.218. The van der Waals surface area contributed by atoms with E-state index >= 15 is 0 Å². The fourth-order valence-electron chi connectivity index (χ4n) is 1.86. The predicted molar refractivity (Wildman–Crippen MR) is 84.3 cm³/mol. The molecule has 0 bridgehead atoms. The molecule has 8 heteroatoms. The van der Waals surface area contributed by atoms with Gasteiger partial charge in [-0.05, 0) is 30.7 Å². The number of terminal acetylenes is 1. The van der Waals surface area contributed by atoms with Gasteiger partial charge in [-0.1, -0.05) is 12.8 Å². The van der Waals surface area contributed by atoms with Crippen LogP contribution in [0.4, 0.5) is 0 Å². The molecule has 0 heterocycles. The molecular formula is C15H18N2O5S. The van der Waals surface area contributed by atoms with Crippen molar-refractivity contribution in [3.05, 3.63) is 29.8 Å². The monoisotopic (exact) mass is 338 g/mol. The summed E-state index contributed by atoms with van der Waals surface area (Å²) in [6.45, 7) is 1.59. The van der Waals surface area contributed by atoms with E-state index in [0.29, 0.717) is 13.0 Å². The molecule has 7 nitrogen and oxygen atoms in total. The molecule has 0 aliphatic heterocycles. The van der Waals surface area contributed by atoms with Gasteiger partial charge in [-0.25, -0.2) is 8.42 Å². The lowest BCUT2D eigenvalue weighted by Gasteiger charge is -2.20. The van der Waals surface area contributed by atoms with E-state index in [0.717, 1.165) is 0 Å². The Kier molecular flexibility index (Phi) is 6.75. The highest BCUT2D eigenvalue weighted by Crippen LogP contribution is 2.12. The number of rotatable bonds is 8. The summed E-state index contributed by atoms with van der Waals surface area (Å²) in [6.07, 6.45) is 5.62. The smallest absolute Gasteiger partial charge is 0.323 e. The van der Waals surface area contributed by atoms with Gasteiger partial charge in [0.15, 0.2) is 0 Å². The molecule has 0 atom stereocenters. The molecule has 0 saturated heterocycles. The number of amides is 1. The number of aliphatic carboxylic acids is 1. The van der Waals surface area contributed by atoms with Crippen molar-refractivity contribution in [2.75, 3.05) is 19.6 Å². The SMILES string of the molecule is C#CCNS(=O)(=O)c1ccc(C(=O)N(CCC)CC(=O)O)cc1. The van der Waals surface area contributed by atoms with Crippen LogP contribution in [0.3, 0.4) is 0 Å². The highest BCUT2D eigenvalue weighted by Gasteiger charge is 2.19. The molecule has 1 aromatic rings. The van der Waals surface area contributed by atoms with Crippen LogP contribution in [0.1, 0.15) is 23.7 Å². The second-order valence-electron chi connectivity index (χ2n) is 4.67. The van der Waals surface area contributed by atoms with Gasteiger partial charge in [-0.2, -0.15) is 4.72 Å². The molecule has 0 aliphatic rings. The van der Waals surface area contributed by atoms with E-state index in [1.807, 2.05) is 6.92 Å². The van der Waals surface area contributed by atoms with Gasteiger partial charge in [0.1, 0.15) is 6.54 Å². The van der Waals surface area contributed by atoms with Gasteiger partial charge >= 0.3 is 5.97 Å². The van der Waals surface area contributed by atoms with E-state index in [9.17, 15) is 18.0 Å². The topological polar surface area (TPSA) is 104 Å².